The molecule has 0 spiro atoms. The van der Waals surface area contributed by atoms with Crippen molar-refractivity contribution in [1.29, 1.82) is 0 Å². The molecule has 1 aliphatic rings. The van der Waals surface area contributed by atoms with Crippen LogP contribution in [0.5, 0.6) is 0 Å². The molecule has 2 amide bonds. The molecule has 20 heavy (non-hydrogen) atoms. The van der Waals surface area contributed by atoms with Gasteiger partial charge in [0.2, 0.25) is 11.8 Å². The van der Waals surface area contributed by atoms with Crippen molar-refractivity contribution in [1.82, 2.24) is 10.2 Å². The van der Waals surface area contributed by atoms with Gasteiger partial charge >= 0.3 is 0 Å². The Morgan fingerprint density at radius 3 is 2.50 bits per heavy atom. The minimum Gasteiger partial charge on any atom is -0.340 e. The van der Waals surface area contributed by atoms with E-state index < -0.39 is 5.54 Å². The van der Waals surface area contributed by atoms with Gasteiger partial charge in [-0.1, -0.05) is 48.0 Å². The summed E-state index contributed by atoms with van der Waals surface area (Å²) in [6.45, 7) is 4.45. The number of amides is 2. The first kappa shape index (κ1) is 15.0. The molecule has 1 aromatic rings. The van der Waals surface area contributed by atoms with Crippen LogP contribution in [0.2, 0.25) is 0 Å². The maximum Gasteiger partial charge on any atom is 0.249 e. The molecule has 0 atom stereocenters. The number of piperazine rings is 1. The number of hydrogen-bond donors (Lipinski definition) is 1. The number of hydrogen-bond acceptors (Lipinski definition) is 2. The lowest BCUT2D eigenvalue weighted by Crippen LogP contribution is -2.65. The molecule has 1 heterocycles. The molecule has 1 saturated heterocycles. The predicted molar refractivity (Wildman–Crippen MR) is 81.0 cm³/mol. The van der Waals surface area contributed by atoms with Crippen LogP contribution < -0.4 is 5.32 Å². The van der Waals surface area contributed by atoms with Crippen molar-refractivity contribution in [2.75, 3.05) is 6.54 Å². The number of nitrogens with one attached hydrogen (secondary N) is 1. The van der Waals surface area contributed by atoms with E-state index in [1.54, 1.807) is 4.90 Å². The zero-order valence-corrected chi connectivity index (χ0v) is 13.4. The molecule has 108 valence electrons. The van der Waals surface area contributed by atoms with E-state index in [4.69, 9.17) is 0 Å². The molecule has 0 bridgehead atoms. The lowest BCUT2D eigenvalue weighted by atomic mass is 9.88. The molecule has 1 fully saturated rings. The maximum absolute atomic E-state index is 12.7. The van der Waals surface area contributed by atoms with Crippen LogP contribution in [0.4, 0.5) is 0 Å². The van der Waals surface area contributed by atoms with Gasteiger partial charge in [-0.3, -0.25) is 9.59 Å². The smallest absolute Gasteiger partial charge is 0.249 e. The molecule has 1 aromatic carbocycles. The lowest BCUT2D eigenvalue weighted by Gasteiger charge is -2.41. The molecular formula is C15H19BrN2O2. The van der Waals surface area contributed by atoms with E-state index in [9.17, 15) is 9.59 Å². The van der Waals surface area contributed by atoms with Crippen molar-refractivity contribution in [2.45, 2.75) is 38.8 Å². The molecular weight excluding hydrogens is 320 g/mol. The molecule has 1 N–H and O–H groups in total. The molecule has 0 aliphatic carbocycles. The average molecular weight is 339 g/mol. The number of benzene rings is 1. The summed E-state index contributed by atoms with van der Waals surface area (Å²) in [5.74, 6) is -0.0711. The van der Waals surface area contributed by atoms with Gasteiger partial charge in [0, 0.05) is 11.0 Å². The highest BCUT2D eigenvalue weighted by molar-refractivity contribution is 9.10. The second-order valence-corrected chi connectivity index (χ2v) is 5.94. The predicted octanol–water partition coefficient (Wildman–Crippen LogP) is 2.47. The topological polar surface area (TPSA) is 49.4 Å². The Hall–Kier alpha value is -1.36. The molecule has 0 saturated carbocycles. The van der Waals surface area contributed by atoms with E-state index in [1.807, 2.05) is 38.1 Å². The largest absolute Gasteiger partial charge is 0.340 e. The zero-order valence-electron chi connectivity index (χ0n) is 11.8. The Bertz CT molecular complexity index is 526. The fraction of sp³-hybridized carbons (Fsp3) is 0.467. The van der Waals surface area contributed by atoms with E-state index in [0.717, 1.165) is 10.0 Å². The van der Waals surface area contributed by atoms with Crippen LogP contribution in [0, 0.1) is 0 Å². The van der Waals surface area contributed by atoms with Crippen LogP contribution in [-0.4, -0.2) is 28.8 Å². The van der Waals surface area contributed by atoms with Gasteiger partial charge in [-0.15, -0.1) is 0 Å². The van der Waals surface area contributed by atoms with Crippen LogP contribution in [0.3, 0.4) is 0 Å². The van der Waals surface area contributed by atoms with Gasteiger partial charge in [0.1, 0.15) is 5.54 Å². The third-order valence-corrected chi connectivity index (χ3v) is 4.71. The molecule has 0 aromatic heterocycles. The quantitative estimate of drug-likeness (QED) is 0.916. The highest BCUT2D eigenvalue weighted by Crippen LogP contribution is 2.25. The number of halogens is 1. The van der Waals surface area contributed by atoms with Gasteiger partial charge in [-0.2, -0.15) is 0 Å². The summed E-state index contributed by atoms with van der Waals surface area (Å²) in [6.07, 6.45) is 1.22. The van der Waals surface area contributed by atoms with Gasteiger partial charge < -0.3 is 10.2 Å². The summed E-state index contributed by atoms with van der Waals surface area (Å²) in [5, 5.41) is 2.87. The van der Waals surface area contributed by atoms with Crippen LogP contribution in [0.25, 0.3) is 0 Å². The van der Waals surface area contributed by atoms with Crippen molar-refractivity contribution >= 4 is 27.7 Å². The number of rotatable bonds is 4. The summed E-state index contributed by atoms with van der Waals surface area (Å²) in [6, 6.07) is 7.77. The van der Waals surface area contributed by atoms with Gasteiger partial charge in [0.25, 0.3) is 0 Å². The SMILES string of the molecule is CCC1(CC)NC(=O)CN(Cc2ccccc2Br)C1=O. The van der Waals surface area contributed by atoms with Gasteiger partial charge in [0.15, 0.2) is 0 Å². The highest BCUT2D eigenvalue weighted by atomic mass is 79.9. The van der Waals surface area contributed by atoms with E-state index >= 15 is 0 Å². The number of carbonyl (C=O) groups is 2. The Kier molecular flexibility index (Phi) is 4.48. The van der Waals surface area contributed by atoms with E-state index in [0.29, 0.717) is 19.4 Å². The fourth-order valence-electron chi connectivity index (χ4n) is 2.60. The van der Waals surface area contributed by atoms with Crippen molar-refractivity contribution in [3.05, 3.63) is 34.3 Å². The normalized spacial score (nSPS) is 18.1. The van der Waals surface area contributed by atoms with E-state index in [2.05, 4.69) is 21.2 Å². The minimum atomic E-state index is -0.739. The summed E-state index contributed by atoms with van der Waals surface area (Å²) < 4.78 is 0.956. The summed E-state index contributed by atoms with van der Waals surface area (Å²) in [7, 11) is 0. The van der Waals surface area contributed by atoms with Gasteiger partial charge in [-0.25, -0.2) is 0 Å². The molecule has 2 rings (SSSR count). The van der Waals surface area contributed by atoms with Crippen LogP contribution in [-0.2, 0) is 16.1 Å². The highest BCUT2D eigenvalue weighted by Gasteiger charge is 2.43. The molecule has 4 nitrogen and oxygen atoms in total. The third-order valence-electron chi connectivity index (χ3n) is 3.94. The van der Waals surface area contributed by atoms with E-state index in [1.165, 1.54) is 0 Å². The summed E-state index contributed by atoms with van der Waals surface area (Å²) >= 11 is 3.48. The van der Waals surface area contributed by atoms with Crippen molar-refractivity contribution < 1.29 is 9.59 Å². The number of nitrogens with zero attached hydrogens (tertiary/aromatic N) is 1. The third kappa shape index (κ3) is 2.73. The standard InChI is InChI=1S/C15H19BrN2O2/c1-3-15(4-2)14(20)18(10-13(19)17-15)9-11-7-5-6-8-12(11)16/h5-8H,3-4,9-10H2,1-2H3,(H,17,19). The summed E-state index contributed by atoms with van der Waals surface area (Å²) in [4.78, 5) is 26.2. The monoisotopic (exact) mass is 338 g/mol. The maximum atomic E-state index is 12.7. The van der Waals surface area contributed by atoms with Gasteiger partial charge in [-0.05, 0) is 24.5 Å². The van der Waals surface area contributed by atoms with Crippen molar-refractivity contribution in [3.8, 4) is 0 Å². The first-order valence-corrected chi connectivity index (χ1v) is 7.65. The Labute approximate surface area is 127 Å². The molecule has 0 radical (unpaired) electrons. The Morgan fingerprint density at radius 2 is 1.90 bits per heavy atom. The van der Waals surface area contributed by atoms with Gasteiger partial charge in [0.05, 0.1) is 6.54 Å². The Morgan fingerprint density at radius 1 is 1.25 bits per heavy atom. The molecule has 1 aliphatic heterocycles. The zero-order chi connectivity index (χ0) is 14.8. The molecule has 5 heteroatoms. The number of carbonyl (C=O) groups excluding carboxylic acids is 2. The van der Waals surface area contributed by atoms with E-state index in [-0.39, 0.29) is 18.4 Å². The second-order valence-electron chi connectivity index (χ2n) is 5.09. The second kappa shape index (κ2) is 5.95. The lowest BCUT2D eigenvalue weighted by molar-refractivity contribution is -0.151. The van der Waals surface area contributed by atoms with Crippen LogP contribution in [0.1, 0.15) is 32.3 Å². The average Bonchev–Trinajstić information content (AvgIpc) is 2.45. The van der Waals surface area contributed by atoms with Crippen LogP contribution >= 0.6 is 15.9 Å². The van der Waals surface area contributed by atoms with Crippen molar-refractivity contribution in [2.24, 2.45) is 0 Å². The fourth-order valence-corrected chi connectivity index (χ4v) is 3.01. The minimum absolute atomic E-state index is 0.0119. The summed E-state index contributed by atoms with van der Waals surface area (Å²) in [5.41, 5.74) is 0.271. The van der Waals surface area contributed by atoms with Crippen LogP contribution in [0.15, 0.2) is 28.7 Å². The Balaban J connectivity index is 2.25. The first-order valence-electron chi connectivity index (χ1n) is 6.86. The first-order chi connectivity index (χ1) is 9.52. The van der Waals surface area contributed by atoms with Crippen molar-refractivity contribution in [3.63, 3.8) is 0 Å². The molecule has 0 unspecified atom stereocenters.